The van der Waals surface area contributed by atoms with E-state index in [-0.39, 0.29) is 6.10 Å². The first-order valence-corrected chi connectivity index (χ1v) is 4.93. The van der Waals surface area contributed by atoms with Crippen LogP contribution in [-0.4, -0.2) is 31.7 Å². The molecule has 13 heavy (non-hydrogen) atoms. The minimum absolute atomic E-state index is 0.194. The van der Waals surface area contributed by atoms with Gasteiger partial charge in [-0.15, -0.1) is 0 Å². The fourth-order valence-electron chi connectivity index (χ4n) is 1.29. The van der Waals surface area contributed by atoms with Gasteiger partial charge in [0.25, 0.3) is 0 Å². The van der Waals surface area contributed by atoms with E-state index in [0.29, 0.717) is 6.10 Å². The van der Waals surface area contributed by atoms with E-state index in [1.807, 2.05) is 13.8 Å². The van der Waals surface area contributed by atoms with Gasteiger partial charge in [0.05, 0.1) is 12.7 Å². The Hall–Kier alpha value is -0.120. The fraction of sp³-hybridized carbons (Fsp3) is 1.00. The molecule has 0 aromatic carbocycles. The quantitative estimate of drug-likeness (QED) is 0.471. The first-order valence-electron chi connectivity index (χ1n) is 4.93. The summed E-state index contributed by atoms with van der Waals surface area (Å²) in [6.45, 7) is 6.85. The van der Waals surface area contributed by atoms with Crippen molar-refractivity contribution < 1.29 is 14.2 Å². The number of ether oxygens (including phenoxy) is 3. The average molecular weight is 188 g/mol. The molecule has 2 atom stereocenters. The highest BCUT2D eigenvalue weighted by atomic mass is 16.7. The van der Waals surface area contributed by atoms with Crippen molar-refractivity contribution in [1.82, 2.24) is 0 Å². The van der Waals surface area contributed by atoms with Gasteiger partial charge in [0, 0.05) is 7.11 Å². The Bertz CT molecular complexity index is 152. The Labute approximate surface area is 80.4 Å². The van der Waals surface area contributed by atoms with Crippen LogP contribution in [0.15, 0.2) is 0 Å². The van der Waals surface area contributed by atoms with E-state index >= 15 is 0 Å². The zero-order chi connectivity index (χ0) is 9.90. The van der Waals surface area contributed by atoms with E-state index in [0.717, 1.165) is 19.4 Å². The topological polar surface area (TPSA) is 31.0 Å². The lowest BCUT2D eigenvalue weighted by molar-refractivity contribution is -0.227. The molecule has 1 saturated heterocycles. The second-order valence-electron chi connectivity index (χ2n) is 3.92. The fourth-order valence-corrected chi connectivity index (χ4v) is 1.29. The average Bonchev–Trinajstić information content (AvgIpc) is 2.86. The molecular weight excluding hydrogens is 168 g/mol. The normalized spacial score (nSPS) is 24.5. The van der Waals surface area contributed by atoms with Crippen LogP contribution >= 0.6 is 0 Å². The Kier molecular flexibility index (Phi) is 3.71. The summed E-state index contributed by atoms with van der Waals surface area (Å²) in [7, 11) is 1.66. The van der Waals surface area contributed by atoms with Crippen LogP contribution in [-0.2, 0) is 14.2 Å². The van der Waals surface area contributed by atoms with Crippen LogP contribution < -0.4 is 0 Å². The zero-order valence-electron chi connectivity index (χ0n) is 9.00. The summed E-state index contributed by atoms with van der Waals surface area (Å²) in [5.41, 5.74) is 0. The van der Waals surface area contributed by atoms with Crippen LogP contribution in [0.4, 0.5) is 0 Å². The van der Waals surface area contributed by atoms with Gasteiger partial charge in [-0.25, -0.2) is 0 Å². The molecule has 0 aromatic heterocycles. The Morgan fingerprint density at radius 3 is 2.54 bits per heavy atom. The zero-order valence-corrected chi connectivity index (χ0v) is 9.00. The number of hydrogen-bond donors (Lipinski definition) is 0. The number of hydrogen-bond acceptors (Lipinski definition) is 3. The summed E-state index contributed by atoms with van der Waals surface area (Å²) in [5, 5.41) is 0. The van der Waals surface area contributed by atoms with E-state index in [2.05, 4.69) is 6.92 Å². The lowest BCUT2D eigenvalue weighted by atomic mass is 10.1. The van der Waals surface area contributed by atoms with Crippen LogP contribution in [0.5, 0.6) is 0 Å². The molecule has 1 fully saturated rings. The van der Waals surface area contributed by atoms with Crippen molar-refractivity contribution in [1.29, 1.82) is 0 Å². The summed E-state index contributed by atoms with van der Waals surface area (Å²) in [6, 6.07) is 0. The van der Waals surface area contributed by atoms with Gasteiger partial charge in [-0.05, 0) is 20.3 Å². The van der Waals surface area contributed by atoms with Crippen LogP contribution in [0.3, 0.4) is 0 Å². The lowest BCUT2D eigenvalue weighted by Crippen LogP contribution is -2.35. The van der Waals surface area contributed by atoms with Gasteiger partial charge in [-0.1, -0.05) is 13.3 Å². The van der Waals surface area contributed by atoms with Crippen molar-refractivity contribution in [2.45, 2.75) is 51.6 Å². The molecule has 0 aliphatic carbocycles. The highest BCUT2D eigenvalue weighted by Gasteiger charge is 2.36. The molecule has 0 bridgehead atoms. The molecule has 0 N–H and O–H groups in total. The maximum atomic E-state index is 5.80. The van der Waals surface area contributed by atoms with Gasteiger partial charge in [-0.2, -0.15) is 0 Å². The minimum Gasteiger partial charge on any atom is -0.370 e. The Morgan fingerprint density at radius 2 is 2.15 bits per heavy atom. The molecule has 2 unspecified atom stereocenters. The van der Waals surface area contributed by atoms with Crippen molar-refractivity contribution in [3.8, 4) is 0 Å². The van der Waals surface area contributed by atoms with Gasteiger partial charge >= 0.3 is 0 Å². The predicted molar refractivity (Wildman–Crippen MR) is 50.6 cm³/mol. The summed E-state index contributed by atoms with van der Waals surface area (Å²) in [6.07, 6.45) is 2.65. The Morgan fingerprint density at radius 1 is 1.54 bits per heavy atom. The maximum Gasteiger partial charge on any atom is 0.162 e. The maximum absolute atomic E-state index is 5.80. The standard InChI is InChI=1S/C10H20O3/c1-5-6-8(9-7-12-9)13-10(2,3)11-4/h8-9H,5-7H2,1-4H3. The van der Waals surface area contributed by atoms with Gasteiger partial charge < -0.3 is 14.2 Å². The molecule has 1 aliphatic heterocycles. The summed E-state index contributed by atoms with van der Waals surface area (Å²) < 4.78 is 16.3. The second kappa shape index (κ2) is 4.40. The van der Waals surface area contributed by atoms with Crippen molar-refractivity contribution in [3.05, 3.63) is 0 Å². The first kappa shape index (κ1) is 11.0. The monoisotopic (exact) mass is 188 g/mol. The summed E-state index contributed by atoms with van der Waals surface area (Å²) >= 11 is 0. The highest BCUT2D eigenvalue weighted by Crippen LogP contribution is 2.25. The second-order valence-corrected chi connectivity index (χ2v) is 3.92. The van der Waals surface area contributed by atoms with Gasteiger partial charge in [-0.3, -0.25) is 0 Å². The van der Waals surface area contributed by atoms with Gasteiger partial charge in [0.1, 0.15) is 6.10 Å². The van der Waals surface area contributed by atoms with Gasteiger partial charge in [0.2, 0.25) is 0 Å². The van der Waals surface area contributed by atoms with Gasteiger partial charge in [0.15, 0.2) is 5.79 Å². The molecule has 1 aliphatic rings. The summed E-state index contributed by atoms with van der Waals surface area (Å²) in [5.74, 6) is -0.494. The van der Waals surface area contributed by atoms with Crippen LogP contribution in [0.25, 0.3) is 0 Å². The first-order chi connectivity index (χ1) is 6.09. The molecular formula is C10H20O3. The Balaban J connectivity index is 2.36. The molecule has 3 nitrogen and oxygen atoms in total. The van der Waals surface area contributed by atoms with E-state index in [4.69, 9.17) is 14.2 Å². The van der Waals surface area contributed by atoms with Crippen molar-refractivity contribution >= 4 is 0 Å². The summed E-state index contributed by atoms with van der Waals surface area (Å²) in [4.78, 5) is 0. The van der Waals surface area contributed by atoms with Crippen molar-refractivity contribution in [2.24, 2.45) is 0 Å². The molecule has 1 rings (SSSR count). The van der Waals surface area contributed by atoms with Crippen LogP contribution in [0.1, 0.15) is 33.6 Å². The molecule has 0 aromatic rings. The van der Waals surface area contributed by atoms with E-state index in [9.17, 15) is 0 Å². The molecule has 0 radical (unpaired) electrons. The van der Waals surface area contributed by atoms with Crippen molar-refractivity contribution in [2.75, 3.05) is 13.7 Å². The highest BCUT2D eigenvalue weighted by molar-refractivity contribution is 4.81. The number of methoxy groups -OCH3 is 1. The predicted octanol–water partition coefficient (Wildman–Crippen LogP) is 1.95. The third-order valence-electron chi connectivity index (χ3n) is 2.27. The molecule has 1 heterocycles. The van der Waals surface area contributed by atoms with Crippen LogP contribution in [0.2, 0.25) is 0 Å². The smallest absolute Gasteiger partial charge is 0.162 e. The largest absolute Gasteiger partial charge is 0.370 e. The molecule has 0 saturated carbocycles. The third-order valence-corrected chi connectivity index (χ3v) is 2.27. The van der Waals surface area contributed by atoms with E-state index in [1.54, 1.807) is 7.11 Å². The van der Waals surface area contributed by atoms with E-state index < -0.39 is 5.79 Å². The van der Waals surface area contributed by atoms with Crippen molar-refractivity contribution in [3.63, 3.8) is 0 Å². The minimum atomic E-state index is -0.494. The number of epoxide rings is 1. The third kappa shape index (κ3) is 3.63. The lowest BCUT2D eigenvalue weighted by Gasteiger charge is -2.28. The molecule has 3 heteroatoms. The molecule has 0 amide bonds. The molecule has 0 spiro atoms. The van der Waals surface area contributed by atoms with Crippen LogP contribution in [0, 0.1) is 0 Å². The molecule has 78 valence electrons. The SMILES string of the molecule is CCCC(OC(C)(C)OC)C1CO1. The number of rotatable bonds is 6. The van der Waals surface area contributed by atoms with E-state index in [1.165, 1.54) is 0 Å².